The molecular weight excluding hydrogens is 252 g/mol. The van der Waals surface area contributed by atoms with E-state index in [1.165, 1.54) is 12.0 Å². The summed E-state index contributed by atoms with van der Waals surface area (Å²) in [6, 6.07) is 0. The minimum Gasteiger partial charge on any atom is -0.390 e. The molecule has 1 spiro atoms. The molecule has 3 heteroatoms. The van der Waals surface area contributed by atoms with E-state index in [4.69, 9.17) is 9.47 Å². The molecule has 5 atom stereocenters. The minimum atomic E-state index is -0.395. The van der Waals surface area contributed by atoms with Crippen molar-refractivity contribution in [3.05, 3.63) is 11.6 Å². The molecule has 116 valence electrons. The molecule has 5 unspecified atom stereocenters. The van der Waals surface area contributed by atoms with E-state index >= 15 is 0 Å². The second-order valence-corrected chi connectivity index (χ2v) is 7.12. The quantitative estimate of drug-likeness (QED) is 0.622. The molecule has 0 amide bonds. The van der Waals surface area contributed by atoms with Gasteiger partial charge in [-0.15, -0.1) is 0 Å². The Labute approximate surface area is 123 Å². The Kier molecular flexibility index (Phi) is 4.93. The summed E-state index contributed by atoms with van der Waals surface area (Å²) in [6.07, 6.45) is 5.02. The lowest BCUT2D eigenvalue weighted by Crippen LogP contribution is -2.52. The molecule has 2 rings (SSSR count). The Morgan fingerprint density at radius 1 is 1.50 bits per heavy atom. The lowest BCUT2D eigenvalue weighted by Gasteiger charge is -2.43. The van der Waals surface area contributed by atoms with Gasteiger partial charge in [-0.3, -0.25) is 0 Å². The molecule has 1 saturated carbocycles. The molecule has 1 N–H and O–H groups in total. The van der Waals surface area contributed by atoms with Crippen molar-refractivity contribution in [1.82, 2.24) is 0 Å². The first-order chi connectivity index (χ1) is 9.41. The van der Waals surface area contributed by atoms with Gasteiger partial charge >= 0.3 is 0 Å². The highest BCUT2D eigenvalue weighted by atomic mass is 16.6. The van der Waals surface area contributed by atoms with Crippen molar-refractivity contribution in [3.63, 3.8) is 0 Å². The van der Waals surface area contributed by atoms with Crippen LogP contribution < -0.4 is 0 Å². The van der Waals surface area contributed by atoms with Crippen molar-refractivity contribution in [2.24, 2.45) is 17.8 Å². The number of ether oxygens (including phenoxy) is 2. The van der Waals surface area contributed by atoms with Gasteiger partial charge in [-0.2, -0.15) is 0 Å². The molecular formula is C17H30O3. The Hall–Kier alpha value is -0.380. The maximum Gasteiger partial charge on any atom is 0.101 e. The number of aliphatic hydroxyl groups is 1. The van der Waals surface area contributed by atoms with E-state index in [0.29, 0.717) is 0 Å². The van der Waals surface area contributed by atoms with Crippen LogP contribution in [-0.4, -0.2) is 36.6 Å². The predicted molar refractivity (Wildman–Crippen MR) is 80.6 cm³/mol. The molecule has 0 aromatic carbocycles. The van der Waals surface area contributed by atoms with Crippen LogP contribution >= 0.6 is 0 Å². The molecule has 0 radical (unpaired) electrons. The number of allylic oxidation sites excluding steroid dienone is 1. The third-order valence-electron chi connectivity index (χ3n) is 4.97. The minimum absolute atomic E-state index is 0.0717. The van der Waals surface area contributed by atoms with Crippen LogP contribution in [0, 0.1) is 17.8 Å². The van der Waals surface area contributed by atoms with E-state index in [2.05, 4.69) is 33.8 Å². The summed E-state index contributed by atoms with van der Waals surface area (Å²) in [5, 5.41) is 10.4. The van der Waals surface area contributed by atoms with Crippen LogP contribution in [0.4, 0.5) is 0 Å². The smallest absolute Gasteiger partial charge is 0.101 e. The van der Waals surface area contributed by atoms with Gasteiger partial charge in [-0.25, -0.2) is 0 Å². The van der Waals surface area contributed by atoms with Crippen molar-refractivity contribution in [2.45, 2.75) is 64.8 Å². The highest BCUT2D eigenvalue weighted by Crippen LogP contribution is 2.51. The monoisotopic (exact) mass is 282 g/mol. The number of hydrogen-bond donors (Lipinski definition) is 1. The number of rotatable bonds is 5. The third kappa shape index (κ3) is 3.10. The van der Waals surface area contributed by atoms with Crippen LogP contribution in [0.5, 0.6) is 0 Å². The summed E-state index contributed by atoms with van der Waals surface area (Å²) in [6.45, 7) is 9.57. The SMILES string of the molecule is COC1C(O)C(C)CC2(CO2)C1/C(C)=C/CCC(C)C. The zero-order valence-electron chi connectivity index (χ0n) is 13.6. The van der Waals surface area contributed by atoms with Gasteiger partial charge in [-0.05, 0) is 38.0 Å². The van der Waals surface area contributed by atoms with Crippen molar-refractivity contribution in [2.75, 3.05) is 13.7 Å². The number of hydrogen-bond acceptors (Lipinski definition) is 3. The Morgan fingerprint density at radius 2 is 2.15 bits per heavy atom. The largest absolute Gasteiger partial charge is 0.390 e. The zero-order chi connectivity index (χ0) is 14.9. The number of aliphatic hydroxyl groups excluding tert-OH is 1. The summed E-state index contributed by atoms with van der Waals surface area (Å²) in [5.41, 5.74) is 1.25. The summed E-state index contributed by atoms with van der Waals surface area (Å²) in [5.74, 6) is 1.16. The molecule has 1 aliphatic carbocycles. The second kappa shape index (κ2) is 6.17. The summed E-state index contributed by atoms with van der Waals surface area (Å²) in [4.78, 5) is 0. The highest BCUT2D eigenvalue weighted by Gasteiger charge is 2.60. The molecule has 2 aliphatic rings. The highest BCUT2D eigenvalue weighted by molar-refractivity contribution is 5.21. The molecule has 0 aromatic rings. The third-order valence-corrected chi connectivity index (χ3v) is 4.97. The van der Waals surface area contributed by atoms with Gasteiger partial charge in [0, 0.05) is 13.0 Å². The van der Waals surface area contributed by atoms with E-state index in [1.54, 1.807) is 7.11 Å². The predicted octanol–water partition coefficient (Wildman–Crippen LogP) is 3.17. The number of methoxy groups -OCH3 is 1. The van der Waals surface area contributed by atoms with Gasteiger partial charge < -0.3 is 14.6 Å². The van der Waals surface area contributed by atoms with Gasteiger partial charge in [0.05, 0.1) is 18.8 Å². The summed E-state index contributed by atoms with van der Waals surface area (Å²) in [7, 11) is 1.70. The number of epoxide rings is 1. The molecule has 0 aromatic heterocycles. The average molecular weight is 282 g/mol. The van der Waals surface area contributed by atoms with Crippen molar-refractivity contribution in [1.29, 1.82) is 0 Å². The van der Waals surface area contributed by atoms with Gasteiger partial charge in [0.15, 0.2) is 0 Å². The fraction of sp³-hybridized carbons (Fsp3) is 0.882. The van der Waals surface area contributed by atoms with E-state index in [9.17, 15) is 5.11 Å². The van der Waals surface area contributed by atoms with Gasteiger partial charge in [-0.1, -0.05) is 32.4 Å². The Morgan fingerprint density at radius 3 is 2.65 bits per heavy atom. The van der Waals surface area contributed by atoms with E-state index in [-0.39, 0.29) is 23.5 Å². The molecule has 2 fully saturated rings. The first-order valence-electron chi connectivity index (χ1n) is 7.92. The summed E-state index contributed by atoms with van der Waals surface area (Å²) < 4.78 is 11.5. The van der Waals surface area contributed by atoms with E-state index < -0.39 is 6.10 Å². The van der Waals surface area contributed by atoms with Crippen LogP contribution in [0.15, 0.2) is 11.6 Å². The Bertz CT molecular complexity index is 357. The average Bonchev–Trinajstić information content (AvgIpc) is 3.13. The Balaban J connectivity index is 2.13. The first kappa shape index (κ1) is 16.0. The first-order valence-corrected chi connectivity index (χ1v) is 7.92. The maximum absolute atomic E-state index is 10.4. The van der Waals surface area contributed by atoms with Crippen molar-refractivity contribution >= 4 is 0 Å². The van der Waals surface area contributed by atoms with Crippen LogP contribution in [-0.2, 0) is 9.47 Å². The van der Waals surface area contributed by atoms with Crippen LogP contribution in [0.3, 0.4) is 0 Å². The lowest BCUT2D eigenvalue weighted by molar-refractivity contribution is -0.109. The lowest BCUT2D eigenvalue weighted by atomic mass is 9.68. The molecule has 1 aliphatic heterocycles. The normalized spacial score (nSPS) is 41.5. The maximum atomic E-state index is 10.4. The summed E-state index contributed by atoms with van der Waals surface area (Å²) >= 11 is 0. The van der Waals surface area contributed by atoms with E-state index in [1.807, 2.05) is 0 Å². The molecule has 1 saturated heterocycles. The molecule has 0 bridgehead atoms. The topological polar surface area (TPSA) is 42.0 Å². The molecule has 20 heavy (non-hydrogen) atoms. The molecule has 3 nitrogen and oxygen atoms in total. The van der Waals surface area contributed by atoms with Crippen molar-refractivity contribution < 1.29 is 14.6 Å². The van der Waals surface area contributed by atoms with E-state index in [0.717, 1.165) is 25.4 Å². The standard InChI is InChI=1S/C17H30O3/c1-11(2)7-6-8-12(3)14-16(19-5)15(18)13(4)9-17(14)10-20-17/h8,11,13-16,18H,6-7,9-10H2,1-5H3/b12-8+. The van der Waals surface area contributed by atoms with Gasteiger partial charge in [0.2, 0.25) is 0 Å². The van der Waals surface area contributed by atoms with Crippen LogP contribution in [0.25, 0.3) is 0 Å². The fourth-order valence-corrected chi connectivity index (χ4v) is 3.72. The fourth-order valence-electron chi connectivity index (χ4n) is 3.72. The van der Waals surface area contributed by atoms with Crippen LogP contribution in [0.2, 0.25) is 0 Å². The molecule has 1 heterocycles. The van der Waals surface area contributed by atoms with Crippen LogP contribution in [0.1, 0.15) is 47.0 Å². The second-order valence-electron chi connectivity index (χ2n) is 7.12. The zero-order valence-corrected chi connectivity index (χ0v) is 13.6. The van der Waals surface area contributed by atoms with Gasteiger partial charge in [0.25, 0.3) is 0 Å². The van der Waals surface area contributed by atoms with Crippen molar-refractivity contribution in [3.8, 4) is 0 Å². The van der Waals surface area contributed by atoms with Gasteiger partial charge in [0.1, 0.15) is 5.60 Å².